The number of nitrogens with one attached hydrogen (secondary N) is 1. The van der Waals surface area contributed by atoms with Crippen LogP contribution in [0.1, 0.15) is 31.4 Å². The zero-order valence-electron chi connectivity index (χ0n) is 14.0. The summed E-state index contributed by atoms with van der Waals surface area (Å²) in [6.07, 6.45) is 1.75. The lowest BCUT2D eigenvalue weighted by molar-refractivity contribution is -0.143. The van der Waals surface area contributed by atoms with Crippen molar-refractivity contribution in [2.24, 2.45) is 5.92 Å². The lowest BCUT2D eigenvalue weighted by atomic mass is 9.94. The number of benzene rings is 1. The summed E-state index contributed by atoms with van der Waals surface area (Å²) < 4.78 is 0. The molecule has 6 heteroatoms. The lowest BCUT2D eigenvalue weighted by Crippen LogP contribution is -2.53. The van der Waals surface area contributed by atoms with E-state index < -0.39 is 0 Å². The number of likely N-dealkylation sites (tertiary alicyclic amines) is 1. The minimum absolute atomic E-state index is 0.00217. The van der Waals surface area contributed by atoms with E-state index in [1.54, 1.807) is 11.8 Å². The Morgan fingerprint density at radius 3 is 2.88 bits per heavy atom. The van der Waals surface area contributed by atoms with Gasteiger partial charge in [-0.2, -0.15) is 0 Å². The summed E-state index contributed by atoms with van der Waals surface area (Å²) in [6.45, 7) is 5.10. The van der Waals surface area contributed by atoms with Crippen molar-refractivity contribution >= 4 is 23.4 Å². The third-order valence-electron chi connectivity index (χ3n) is 4.98. The van der Waals surface area contributed by atoms with Crippen molar-refractivity contribution in [3.8, 4) is 0 Å². The average molecular weight is 350 g/mol. The smallest absolute Gasteiger partial charge is 0.228 e. The van der Waals surface area contributed by atoms with Gasteiger partial charge in [0.2, 0.25) is 11.8 Å². The van der Waals surface area contributed by atoms with E-state index >= 15 is 0 Å². The van der Waals surface area contributed by atoms with Gasteiger partial charge in [0.05, 0.1) is 12.0 Å². The van der Waals surface area contributed by atoms with Gasteiger partial charge in [0.15, 0.2) is 0 Å². The standard InChI is InChI=1S/C18H24ClN3O2/c1-13(23)21-8-3-5-15(12-21)18(24)22-9-7-20-11-17(22)14-4-2-6-16(19)10-14/h2,4,6,10,15,17,20H,3,5,7-9,11-12H2,1H3. The number of carbonyl (C=O) groups is 2. The molecule has 1 aromatic carbocycles. The van der Waals surface area contributed by atoms with Crippen LogP contribution < -0.4 is 5.32 Å². The van der Waals surface area contributed by atoms with E-state index in [0.29, 0.717) is 18.1 Å². The normalized spacial score (nSPS) is 24.8. The Balaban J connectivity index is 1.77. The van der Waals surface area contributed by atoms with Crippen molar-refractivity contribution in [1.29, 1.82) is 0 Å². The molecular weight excluding hydrogens is 326 g/mol. The average Bonchev–Trinajstić information content (AvgIpc) is 2.61. The Morgan fingerprint density at radius 1 is 1.29 bits per heavy atom. The van der Waals surface area contributed by atoms with Crippen LogP contribution in [-0.4, -0.2) is 54.3 Å². The van der Waals surface area contributed by atoms with Crippen LogP contribution >= 0.6 is 11.6 Å². The van der Waals surface area contributed by atoms with Crippen molar-refractivity contribution in [3.63, 3.8) is 0 Å². The third kappa shape index (κ3) is 3.73. The Labute approximate surface area is 147 Å². The molecule has 0 spiro atoms. The molecule has 2 saturated heterocycles. The van der Waals surface area contributed by atoms with Gasteiger partial charge in [0, 0.05) is 44.7 Å². The van der Waals surface area contributed by atoms with Gasteiger partial charge < -0.3 is 15.1 Å². The number of piperazine rings is 1. The SMILES string of the molecule is CC(=O)N1CCCC(C(=O)N2CCNCC2c2cccc(Cl)c2)C1. The Morgan fingerprint density at radius 2 is 2.12 bits per heavy atom. The van der Waals surface area contributed by atoms with Gasteiger partial charge in [-0.05, 0) is 30.5 Å². The minimum Gasteiger partial charge on any atom is -0.342 e. The first-order valence-corrected chi connectivity index (χ1v) is 8.96. The summed E-state index contributed by atoms with van der Waals surface area (Å²) in [5, 5.41) is 4.05. The van der Waals surface area contributed by atoms with E-state index in [1.807, 2.05) is 29.2 Å². The van der Waals surface area contributed by atoms with E-state index in [4.69, 9.17) is 11.6 Å². The van der Waals surface area contributed by atoms with E-state index in [1.165, 1.54) is 0 Å². The Kier molecular flexibility index (Phi) is 5.41. The number of hydrogen-bond donors (Lipinski definition) is 1. The topological polar surface area (TPSA) is 52.7 Å². The molecule has 5 nitrogen and oxygen atoms in total. The lowest BCUT2D eigenvalue weighted by Gasteiger charge is -2.40. The molecular formula is C18H24ClN3O2. The zero-order chi connectivity index (χ0) is 17.1. The molecule has 2 heterocycles. The highest BCUT2D eigenvalue weighted by atomic mass is 35.5. The van der Waals surface area contributed by atoms with E-state index in [0.717, 1.165) is 38.0 Å². The monoisotopic (exact) mass is 349 g/mol. The number of piperidine rings is 1. The second kappa shape index (κ2) is 7.53. The first-order valence-electron chi connectivity index (χ1n) is 8.58. The van der Waals surface area contributed by atoms with Crippen LogP contribution in [-0.2, 0) is 9.59 Å². The molecule has 2 aliphatic rings. The molecule has 130 valence electrons. The molecule has 2 atom stereocenters. The van der Waals surface area contributed by atoms with Gasteiger partial charge in [0.25, 0.3) is 0 Å². The molecule has 2 fully saturated rings. The van der Waals surface area contributed by atoms with E-state index in [9.17, 15) is 9.59 Å². The number of rotatable bonds is 2. The molecule has 3 rings (SSSR count). The summed E-state index contributed by atoms with van der Waals surface area (Å²) in [5.41, 5.74) is 1.06. The summed E-state index contributed by atoms with van der Waals surface area (Å²) in [7, 11) is 0. The summed E-state index contributed by atoms with van der Waals surface area (Å²) in [5.74, 6) is 0.120. The zero-order valence-corrected chi connectivity index (χ0v) is 14.8. The van der Waals surface area contributed by atoms with Gasteiger partial charge >= 0.3 is 0 Å². The highest BCUT2D eigenvalue weighted by molar-refractivity contribution is 6.30. The van der Waals surface area contributed by atoms with E-state index in [2.05, 4.69) is 5.32 Å². The fraction of sp³-hybridized carbons (Fsp3) is 0.556. The maximum Gasteiger partial charge on any atom is 0.228 e. The predicted molar refractivity (Wildman–Crippen MR) is 93.8 cm³/mol. The number of nitrogens with zero attached hydrogens (tertiary/aromatic N) is 2. The quantitative estimate of drug-likeness (QED) is 0.889. The summed E-state index contributed by atoms with van der Waals surface area (Å²) >= 11 is 6.13. The molecule has 0 bridgehead atoms. The molecule has 2 aliphatic heterocycles. The molecule has 1 aromatic rings. The van der Waals surface area contributed by atoms with E-state index in [-0.39, 0.29) is 23.8 Å². The largest absolute Gasteiger partial charge is 0.342 e. The fourth-order valence-corrected chi connectivity index (χ4v) is 3.88. The second-order valence-electron chi connectivity index (χ2n) is 6.61. The number of amides is 2. The van der Waals surface area contributed by atoms with Gasteiger partial charge in [-0.25, -0.2) is 0 Å². The van der Waals surface area contributed by atoms with Crippen molar-refractivity contribution in [1.82, 2.24) is 15.1 Å². The third-order valence-corrected chi connectivity index (χ3v) is 5.21. The summed E-state index contributed by atoms with van der Waals surface area (Å²) in [6, 6.07) is 7.72. The number of carbonyl (C=O) groups excluding carboxylic acids is 2. The first kappa shape index (κ1) is 17.2. The Hall–Kier alpha value is -1.59. The van der Waals surface area contributed by atoms with Crippen molar-refractivity contribution < 1.29 is 9.59 Å². The fourth-order valence-electron chi connectivity index (χ4n) is 3.68. The van der Waals surface area contributed by atoms with Crippen LogP contribution in [0.3, 0.4) is 0 Å². The molecule has 1 N–H and O–H groups in total. The maximum atomic E-state index is 13.1. The maximum absolute atomic E-state index is 13.1. The molecule has 0 saturated carbocycles. The van der Waals surface area contributed by atoms with Crippen LogP contribution in [0, 0.1) is 5.92 Å². The molecule has 24 heavy (non-hydrogen) atoms. The van der Waals surface area contributed by atoms with Gasteiger partial charge in [-0.15, -0.1) is 0 Å². The van der Waals surface area contributed by atoms with Crippen LogP contribution in [0.15, 0.2) is 24.3 Å². The summed E-state index contributed by atoms with van der Waals surface area (Å²) in [4.78, 5) is 28.5. The molecule has 0 aromatic heterocycles. The predicted octanol–water partition coefficient (Wildman–Crippen LogP) is 2.07. The number of halogens is 1. The molecule has 2 unspecified atom stereocenters. The van der Waals surface area contributed by atoms with Crippen molar-refractivity contribution in [2.45, 2.75) is 25.8 Å². The van der Waals surface area contributed by atoms with Crippen molar-refractivity contribution in [2.75, 3.05) is 32.7 Å². The van der Waals surface area contributed by atoms with Gasteiger partial charge in [-0.3, -0.25) is 9.59 Å². The molecule has 0 radical (unpaired) electrons. The molecule has 0 aliphatic carbocycles. The Bertz CT molecular complexity index is 622. The van der Waals surface area contributed by atoms with Crippen LogP contribution in [0.4, 0.5) is 0 Å². The van der Waals surface area contributed by atoms with Gasteiger partial charge in [-0.1, -0.05) is 23.7 Å². The van der Waals surface area contributed by atoms with Gasteiger partial charge in [0.1, 0.15) is 0 Å². The van der Waals surface area contributed by atoms with Crippen LogP contribution in [0.25, 0.3) is 0 Å². The van der Waals surface area contributed by atoms with Crippen LogP contribution in [0.2, 0.25) is 5.02 Å². The molecule has 2 amide bonds. The first-order chi connectivity index (χ1) is 11.6. The van der Waals surface area contributed by atoms with Crippen molar-refractivity contribution in [3.05, 3.63) is 34.9 Å². The highest BCUT2D eigenvalue weighted by Gasteiger charge is 2.35. The minimum atomic E-state index is -0.0950. The number of hydrogen-bond acceptors (Lipinski definition) is 3. The second-order valence-corrected chi connectivity index (χ2v) is 7.05. The highest BCUT2D eigenvalue weighted by Crippen LogP contribution is 2.28. The van der Waals surface area contributed by atoms with Crippen LogP contribution in [0.5, 0.6) is 0 Å².